The zero-order chi connectivity index (χ0) is 10.4. The van der Waals surface area contributed by atoms with Crippen molar-refractivity contribution in [3.05, 3.63) is 0 Å². The van der Waals surface area contributed by atoms with E-state index < -0.39 is 0 Å². The van der Waals surface area contributed by atoms with E-state index in [0.29, 0.717) is 6.10 Å². The summed E-state index contributed by atoms with van der Waals surface area (Å²) in [7, 11) is 2.19. The fourth-order valence-corrected chi connectivity index (χ4v) is 2.01. The van der Waals surface area contributed by atoms with Gasteiger partial charge in [0.05, 0.1) is 12.7 Å². The van der Waals surface area contributed by atoms with Crippen molar-refractivity contribution < 1.29 is 4.74 Å². The maximum atomic E-state index is 5.55. The van der Waals surface area contributed by atoms with Crippen LogP contribution in [0.15, 0.2) is 0 Å². The normalized spacial score (nSPS) is 27.4. The molecule has 2 atom stereocenters. The van der Waals surface area contributed by atoms with E-state index in [1.54, 1.807) is 0 Å². The van der Waals surface area contributed by atoms with Crippen LogP contribution in [0.25, 0.3) is 0 Å². The Kier molecular flexibility index (Phi) is 5.45. The first-order valence-electron chi connectivity index (χ1n) is 5.73. The summed E-state index contributed by atoms with van der Waals surface area (Å²) in [5.41, 5.74) is 0. The van der Waals surface area contributed by atoms with Gasteiger partial charge in [0.1, 0.15) is 0 Å². The zero-order valence-electron chi connectivity index (χ0n) is 9.75. The molecule has 0 aromatic heterocycles. The molecule has 0 aliphatic carbocycles. The summed E-state index contributed by atoms with van der Waals surface area (Å²) < 4.78 is 5.55. The molecular weight excluding hydrogens is 176 g/mol. The zero-order valence-corrected chi connectivity index (χ0v) is 9.75. The number of nitrogens with one attached hydrogen (secondary N) is 1. The highest BCUT2D eigenvalue weighted by molar-refractivity contribution is 4.73. The predicted molar refractivity (Wildman–Crippen MR) is 59.6 cm³/mol. The number of ether oxygens (including phenoxy) is 1. The maximum Gasteiger partial charge on any atom is 0.0551 e. The lowest BCUT2D eigenvalue weighted by Gasteiger charge is -2.19. The Morgan fingerprint density at radius 2 is 2.29 bits per heavy atom. The summed E-state index contributed by atoms with van der Waals surface area (Å²) in [6.07, 6.45) is 1.70. The van der Waals surface area contributed by atoms with E-state index in [1.807, 2.05) is 0 Å². The minimum Gasteiger partial charge on any atom is -0.378 e. The topological polar surface area (TPSA) is 24.5 Å². The van der Waals surface area contributed by atoms with E-state index in [0.717, 1.165) is 32.2 Å². The summed E-state index contributed by atoms with van der Waals surface area (Å²) in [5.74, 6) is 0.747. The molecule has 84 valence electrons. The van der Waals surface area contributed by atoms with Gasteiger partial charge in [0.25, 0.3) is 0 Å². The molecule has 14 heavy (non-hydrogen) atoms. The van der Waals surface area contributed by atoms with Crippen LogP contribution >= 0.6 is 0 Å². The van der Waals surface area contributed by atoms with Crippen LogP contribution in [0.1, 0.15) is 20.3 Å². The third-order valence-electron chi connectivity index (χ3n) is 2.77. The largest absolute Gasteiger partial charge is 0.378 e. The van der Waals surface area contributed by atoms with Crippen molar-refractivity contribution >= 4 is 0 Å². The minimum atomic E-state index is 0.474. The van der Waals surface area contributed by atoms with Crippen LogP contribution in [0.3, 0.4) is 0 Å². The average molecular weight is 200 g/mol. The highest BCUT2D eigenvalue weighted by Crippen LogP contribution is 2.19. The van der Waals surface area contributed by atoms with E-state index >= 15 is 0 Å². The smallest absolute Gasteiger partial charge is 0.0551 e. The van der Waals surface area contributed by atoms with Crippen LogP contribution in [0.2, 0.25) is 0 Å². The molecule has 0 radical (unpaired) electrons. The van der Waals surface area contributed by atoms with Gasteiger partial charge in [-0.05, 0) is 32.9 Å². The van der Waals surface area contributed by atoms with E-state index in [-0.39, 0.29) is 0 Å². The molecule has 0 bridgehead atoms. The summed E-state index contributed by atoms with van der Waals surface area (Å²) in [5, 5.41) is 3.34. The number of likely N-dealkylation sites (N-methyl/N-ethyl adjacent to an activating group) is 2. The Bertz CT molecular complexity index is 152. The molecule has 3 heteroatoms. The highest BCUT2D eigenvalue weighted by atomic mass is 16.5. The van der Waals surface area contributed by atoms with Crippen LogP contribution in [-0.4, -0.2) is 50.8 Å². The van der Waals surface area contributed by atoms with E-state index in [9.17, 15) is 0 Å². The van der Waals surface area contributed by atoms with E-state index in [4.69, 9.17) is 4.74 Å². The van der Waals surface area contributed by atoms with Crippen molar-refractivity contribution in [2.75, 3.05) is 39.8 Å². The molecule has 1 aliphatic heterocycles. The monoisotopic (exact) mass is 200 g/mol. The SMILES string of the molecule is CCNCCN(C)CC1COC(C)C1. The summed E-state index contributed by atoms with van der Waals surface area (Å²) in [6, 6.07) is 0. The first kappa shape index (κ1) is 12.0. The van der Waals surface area contributed by atoms with Gasteiger partial charge in [-0.15, -0.1) is 0 Å². The average Bonchev–Trinajstić information content (AvgIpc) is 2.52. The van der Waals surface area contributed by atoms with Crippen LogP contribution in [0.4, 0.5) is 0 Å². The third kappa shape index (κ3) is 4.40. The summed E-state index contributed by atoms with van der Waals surface area (Å²) in [4.78, 5) is 2.40. The Labute approximate surface area is 87.8 Å². The summed E-state index contributed by atoms with van der Waals surface area (Å²) >= 11 is 0. The molecule has 1 fully saturated rings. The quantitative estimate of drug-likeness (QED) is 0.646. The van der Waals surface area contributed by atoms with Gasteiger partial charge in [-0.25, -0.2) is 0 Å². The second kappa shape index (κ2) is 6.38. The molecule has 1 aliphatic rings. The van der Waals surface area contributed by atoms with Crippen molar-refractivity contribution in [2.24, 2.45) is 5.92 Å². The molecule has 3 nitrogen and oxygen atoms in total. The molecule has 1 saturated heterocycles. The van der Waals surface area contributed by atoms with Gasteiger partial charge in [0.2, 0.25) is 0 Å². The Morgan fingerprint density at radius 1 is 1.50 bits per heavy atom. The fraction of sp³-hybridized carbons (Fsp3) is 1.00. The van der Waals surface area contributed by atoms with Crippen LogP contribution < -0.4 is 5.32 Å². The van der Waals surface area contributed by atoms with Crippen molar-refractivity contribution in [2.45, 2.75) is 26.4 Å². The lowest BCUT2D eigenvalue weighted by Crippen LogP contribution is -2.32. The van der Waals surface area contributed by atoms with Gasteiger partial charge < -0.3 is 15.0 Å². The highest BCUT2D eigenvalue weighted by Gasteiger charge is 2.22. The van der Waals surface area contributed by atoms with Gasteiger partial charge in [0, 0.05) is 19.6 Å². The van der Waals surface area contributed by atoms with Gasteiger partial charge in [-0.2, -0.15) is 0 Å². The first-order chi connectivity index (χ1) is 6.72. The molecule has 1 N–H and O–H groups in total. The third-order valence-corrected chi connectivity index (χ3v) is 2.77. The molecule has 0 saturated carbocycles. The minimum absolute atomic E-state index is 0.474. The maximum absolute atomic E-state index is 5.55. The number of rotatable bonds is 6. The molecule has 0 aromatic rings. The van der Waals surface area contributed by atoms with Gasteiger partial charge >= 0.3 is 0 Å². The number of nitrogens with zero attached hydrogens (tertiary/aromatic N) is 1. The molecule has 0 aromatic carbocycles. The van der Waals surface area contributed by atoms with Crippen LogP contribution in [0, 0.1) is 5.92 Å². The Hall–Kier alpha value is -0.120. The van der Waals surface area contributed by atoms with Crippen molar-refractivity contribution in [3.8, 4) is 0 Å². The molecular formula is C11H24N2O. The van der Waals surface area contributed by atoms with Gasteiger partial charge in [-0.1, -0.05) is 6.92 Å². The lowest BCUT2D eigenvalue weighted by atomic mass is 10.1. The molecule has 2 unspecified atom stereocenters. The second-order valence-electron chi connectivity index (χ2n) is 4.36. The molecule has 1 rings (SSSR count). The summed E-state index contributed by atoms with van der Waals surface area (Å²) in [6.45, 7) is 9.74. The van der Waals surface area contributed by atoms with Gasteiger partial charge in [-0.3, -0.25) is 0 Å². The molecule has 0 spiro atoms. The predicted octanol–water partition coefficient (Wildman–Crippen LogP) is 0.953. The lowest BCUT2D eigenvalue weighted by molar-refractivity contribution is 0.117. The van der Waals surface area contributed by atoms with Crippen LogP contribution in [0.5, 0.6) is 0 Å². The van der Waals surface area contributed by atoms with E-state index in [1.165, 1.54) is 13.0 Å². The standard InChI is InChI=1S/C11H24N2O/c1-4-12-5-6-13(3)8-11-7-10(2)14-9-11/h10-12H,4-9H2,1-3H3. The number of hydrogen-bond acceptors (Lipinski definition) is 3. The molecule has 0 amide bonds. The van der Waals surface area contributed by atoms with Crippen molar-refractivity contribution in [3.63, 3.8) is 0 Å². The Morgan fingerprint density at radius 3 is 2.86 bits per heavy atom. The molecule has 1 heterocycles. The second-order valence-corrected chi connectivity index (χ2v) is 4.36. The van der Waals surface area contributed by atoms with Crippen LogP contribution in [-0.2, 0) is 4.74 Å². The Balaban J connectivity index is 2.05. The first-order valence-corrected chi connectivity index (χ1v) is 5.73. The van der Waals surface area contributed by atoms with E-state index in [2.05, 4.69) is 31.1 Å². The van der Waals surface area contributed by atoms with Crippen molar-refractivity contribution in [1.29, 1.82) is 0 Å². The number of hydrogen-bond donors (Lipinski definition) is 1. The fourth-order valence-electron chi connectivity index (χ4n) is 2.01. The van der Waals surface area contributed by atoms with Crippen molar-refractivity contribution in [1.82, 2.24) is 10.2 Å². The van der Waals surface area contributed by atoms with Gasteiger partial charge in [0.15, 0.2) is 0 Å².